The van der Waals surface area contributed by atoms with Crippen molar-refractivity contribution in [2.45, 2.75) is 13.3 Å². The van der Waals surface area contributed by atoms with Gasteiger partial charge in [0.1, 0.15) is 10.8 Å². The van der Waals surface area contributed by atoms with Crippen LogP contribution < -0.4 is 5.32 Å². The number of hydrogen-bond acceptors (Lipinski definition) is 6. The fraction of sp³-hybridized carbons (Fsp3) is 0.222. The molecule has 0 unspecified atom stereocenters. The van der Waals surface area contributed by atoms with Gasteiger partial charge in [-0.15, -0.1) is 11.3 Å². The van der Waals surface area contributed by atoms with Gasteiger partial charge in [-0.25, -0.2) is 4.98 Å². The third-order valence-electron chi connectivity index (χ3n) is 3.66. The number of hydrogen-bond donors (Lipinski definition) is 1. The summed E-state index contributed by atoms with van der Waals surface area (Å²) in [6.45, 7) is 1.65. The fourth-order valence-corrected chi connectivity index (χ4v) is 3.56. The van der Waals surface area contributed by atoms with Gasteiger partial charge in [0.25, 0.3) is 0 Å². The Balaban J connectivity index is 1.56. The van der Waals surface area contributed by atoms with Crippen LogP contribution >= 0.6 is 27.3 Å². The Morgan fingerprint density at radius 1 is 1.33 bits per heavy atom. The molecule has 140 valence electrons. The monoisotopic (exact) mass is 448 g/mol. The zero-order chi connectivity index (χ0) is 19.4. The predicted octanol–water partition coefficient (Wildman–Crippen LogP) is 3.51. The molecular weight excluding hydrogens is 432 g/mol. The van der Waals surface area contributed by atoms with Gasteiger partial charge in [0.05, 0.1) is 18.7 Å². The first-order valence-corrected chi connectivity index (χ1v) is 9.75. The molecule has 7 nitrogen and oxygen atoms in total. The molecule has 0 aliphatic heterocycles. The molecule has 0 bridgehead atoms. The Kier molecular flexibility index (Phi) is 6.02. The van der Waals surface area contributed by atoms with Crippen molar-refractivity contribution in [3.05, 3.63) is 51.6 Å². The second kappa shape index (κ2) is 8.45. The summed E-state index contributed by atoms with van der Waals surface area (Å²) >= 11 is 4.92. The highest BCUT2D eigenvalue weighted by atomic mass is 79.9. The molecule has 0 saturated carbocycles. The van der Waals surface area contributed by atoms with E-state index in [1.807, 2.05) is 29.6 Å². The number of halogens is 1. The normalized spacial score (nSPS) is 10.6. The molecule has 0 saturated heterocycles. The predicted molar refractivity (Wildman–Crippen MR) is 106 cm³/mol. The van der Waals surface area contributed by atoms with Gasteiger partial charge in [-0.2, -0.15) is 0 Å². The minimum Gasteiger partial charge on any atom is -0.360 e. The standard InChI is InChI=1S/C18H17BrN4O3S/c1-11-6-15(22-26-11)21-16(24)9-23(2)17(25)8-14-10-27-18(20-14)12-4-3-5-13(19)7-12/h3-7,10H,8-9H2,1-2H3,(H,21,22,24). The summed E-state index contributed by atoms with van der Waals surface area (Å²) in [5.41, 5.74) is 1.67. The van der Waals surface area contributed by atoms with E-state index in [0.29, 0.717) is 17.3 Å². The van der Waals surface area contributed by atoms with E-state index < -0.39 is 0 Å². The number of thiazole rings is 1. The van der Waals surface area contributed by atoms with Crippen molar-refractivity contribution in [2.75, 3.05) is 18.9 Å². The molecule has 3 aromatic rings. The topological polar surface area (TPSA) is 88.3 Å². The number of aryl methyl sites for hydroxylation is 1. The Hall–Kier alpha value is -2.52. The van der Waals surface area contributed by atoms with Crippen LogP contribution in [0.15, 0.2) is 44.7 Å². The molecule has 1 aromatic carbocycles. The van der Waals surface area contributed by atoms with Crippen LogP contribution in [0.3, 0.4) is 0 Å². The second-order valence-corrected chi connectivity index (χ2v) is 7.73. The molecule has 0 aliphatic rings. The molecule has 0 aliphatic carbocycles. The Morgan fingerprint density at radius 2 is 2.15 bits per heavy atom. The maximum absolute atomic E-state index is 12.4. The summed E-state index contributed by atoms with van der Waals surface area (Å²) in [6.07, 6.45) is 0.136. The van der Waals surface area contributed by atoms with Crippen LogP contribution in [0.1, 0.15) is 11.5 Å². The number of likely N-dealkylation sites (N-methyl/N-ethyl adjacent to an activating group) is 1. The third-order valence-corrected chi connectivity index (χ3v) is 5.09. The van der Waals surface area contributed by atoms with Crippen LogP contribution in [0.25, 0.3) is 10.6 Å². The van der Waals surface area contributed by atoms with Crippen LogP contribution in [0.2, 0.25) is 0 Å². The van der Waals surface area contributed by atoms with E-state index in [0.717, 1.165) is 15.0 Å². The summed E-state index contributed by atoms with van der Waals surface area (Å²) in [4.78, 5) is 30.3. The van der Waals surface area contributed by atoms with Crippen molar-refractivity contribution < 1.29 is 14.1 Å². The number of nitrogens with zero attached hydrogens (tertiary/aromatic N) is 3. The molecule has 3 rings (SSSR count). The molecule has 0 fully saturated rings. The van der Waals surface area contributed by atoms with Crippen LogP contribution in [0.5, 0.6) is 0 Å². The van der Waals surface area contributed by atoms with Gasteiger partial charge in [0.2, 0.25) is 11.8 Å². The van der Waals surface area contributed by atoms with Gasteiger partial charge >= 0.3 is 0 Å². The summed E-state index contributed by atoms with van der Waals surface area (Å²) in [6, 6.07) is 9.44. The van der Waals surface area contributed by atoms with Crippen molar-refractivity contribution in [2.24, 2.45) is 0 Å². The molecule has 2 amide bonds. The number of carbonyl (C=O) groups is 2. The van der Waals surface area contributed by atoms with E-state index in [1.165, 1.54) is 16.2 Å². The van der Waals surface area contributed by atoms with Gasteiger partial charge in [-0.3, -0.25) is 9.59 Å². The SMILES string of the molecule is Cc1cc(NC(=O)CN(C)C(=O)Cc2csc(-c3cccc(Br)c3)n2)no1. The van der Waals surface area contributed by atoms with Gasteiger partial charge < -0.3 is 14.7 Å². The average molecular weight is 449 g/mol. The van der Waals surface area contributed by atoms with Crippen LogP contribution in [-0.2, 0) is 16.0 Å². The van der Waals surface area contributed by atoms with Gasteiger partial charge in [0.15, 0.2) is 5.82 Å². The average Bonchev–Trinajstić information content (AvgIpc) is 3.24. The quantitative estimate of drug-likeness (QED) is 0.622. The lowest BCUT2D eigenvalue weighted by Gasteiger charge is -2.15. The highest BCUT2D eigenvalue weighted by Crippen LogP contribution is 2.26. The van der Waals surface area contributed by atoms with Crippen molar-refractivity contribution in [3.8, 4) is 10.6 Å². The molecule has 0 atom stereocenters. The van der Waals surface area contributed by atoms with Gasteiger partial charge in [0, 0.05) is 28.5 Å². The van der Waals surface area contributed by atoms with Gasteiger partial charge in [-0.05, 0) is 19.1 Å². The highest BCUT2D eigenvalue weighted by molar-refractivity contribution is 9.10. The lowest BCUT2D eigenvalue weighted by atomic mass is 10.2. The van der Waals surface area contributed by atoms with Crippen molar-refractivity contribution in [3.63, 3.8) is 0 Å². The highest BCUT2D eigenvalue weighted by Gasteiger charge is 2.16. The molecule has 27 heavy (non-hydrogen) atoms. The van der Waals surface area contributed by atoms with Crippen molar-refractivity contribution in [1.29, 1.82) is 0 Å². The Labute approximate surface area is 168 Å². The molecule has 1 N–H and O–H groups in total. The number of amides is 2. The maximum atomic E-state index is 12.4. The maximum Gasteiger partial charge on any atom is 0.245 e. The molecule has 2 heterocycles. The zero-order valence-corrected chi connectivity index (χ0v) is 17.1. The van der Waals surface area contributed by atoms with Crippen LogP contribution in [0, 0.1) is 6.92 Å². The van der Waals surface area contributed by atoms with E-state index in [1.54, 1.807) is 20.0 Å². The number of aromatic nitrogens is 2. The van der Waals surface area contributed by atoms with Crippen molar-refractivity contribution >= 4 is 44.9 Å². The zero-order valence-electron chi connectivity index (χ0n) is 14.7. The Bertz CT molecular complexity index is 969. The van der Waals surface area contributed by atoms with Crippen LogP contribution in [0.4, 0.5) is 5.82 Å². The second-order valence-electron chi connectivity index (χ2n) is 5.95. The lowest BCUT2D eigenvalue weighted by Crippen LogP contribution is -2.35. The smallest absolute Gasteiger partial charge is 0.245 e. The van der Waals surface area contributed by atoms with E-state index in [2.05, 4.69) is 31.4 Å². The van der Waals surface area contributed by atoms with Crippen LogP contribution in [-0.4, -0.2) is 40.4 Å². The summed E-state index contributed by atoms with van der Waals surface area (Å²) in [7, 11) is 1.58. The first-order valence-electron chi connectivity index (χ1n) is 8.08. The molecule has 2 aromatic heterocycles. The van der Waals surface area contributed by atoms with E-state index in [4.69, 9.17) is 4.52 Å². The van der Waals surface area contributed by atoms with E-state index >= 15 is 0 Å². The fourth-order valence-electron chi connectivity index (χ4n) is 2.34. The molecule has 0 spiro atoms. The van der Waals surface area contributed by atoms with Crippen molar-refractivity contribution in [1.82, 2.24) is 15.0 Å². The molecular formula is C18H17BrN4O3S. The minimum absolute atomic E-state index is 0.0760. The summed E-state index contributed by atoms with van der Waals surface area (Å²) in [5, 5.41) is 8.99. The number of benzene rings is 1. The first-order chi connectivity index (χ1) is 12.9. The van der Waals surface area contributed by atoms with E-state index in [9.17, 15) is 9.59 Å². The Morgan fingerprint density at radius 3 is 2.85 bits per heavy atom. The van der Waals surface area contributed by atoms with Gasteiger partial charge in [-0.1, -0.05) is 33.2 Å². The molecule has 9 heteroatoms. The number of carbonyl (C=O) groups excluding carboxylic acids is 2. The van der Waals surface area contributed by atoms with E-state index in [-0.39, 0.29) is 24.8 Å². The molecule has 0 radical (unpaired) electrons. The first kappa shape index (κ1) is 19.2. The summed E-state index contributed by atoms with van der Waals surface area (Å²) in [5.74, 6) is 0.399. The summed E-state index contributed by atoms with van der Waals surface area (Å²) < 4.78 is 5.86. The number of rotatable bonds is 6. The third kappa shape index (κ3) is 5.24. The largest absolute Gasteiger partial charge is 0.360 e. The lowest BCUT2D eigenvalue weighted by molar-refractivity contribution is -0.132. The number of nitrogens with one attached hydrogen (secondary N) is 1. The minimum atomic E-state index is -0.341. The number of anilines is 1.